The van der Waals surface area contributed by atoms with Crippen molar-refractivity contribution in [3.63, 3.8) is 0 Å². The van der Waals surface area contributed by atoms with Crippen molar-refractivity contribution in [3.8, 4) is 0 Å². The number of hydrogen-bond donors (Lipinski definition) is 2. The van der Waals surface area contributed by atoms with Crippen LogP contribution < -0.4 is 0 Å². The summed E-state index contributed by atoms with van der Waals surface area (Å²) < 4.78 is 0. The summed E-state index contributed by atoms with van der Waals surface area (Å²) in [5.74, 6) is -0.260. The van der Waals surface area contributed by atoms with E-state index in [-0.39, 0.29) is 5.92 Å². The molecule has 0 aromatic heterocycles. The molecule has 4 rings (SSSR count). The van der Waals surface area contributed by atoms with Gasteiger partial charge in [0, 0.05) is 32.1 Å². The normalized spacial score (nSPS) is 27.7. The number of likely N-dealkylation sites (tertiary alicyclic amines) is 2. The predicted molar refractivity (Wildman–Crippen MR) is 112 cm³/mol. The van der Waals surface area contributed by atoms with E-state index in [9.17, 15) is 10.2 Å². The van der Waals surface area contributed by atoms with E-state index in [1.165, 1.54) is 25.9 Å². The van der Waals surface area contributed by atoms with Crippen molar-refractivity contribution in [2.45, 2.75) is 31.0 Å². The first-order valence-electron chi connectivity index (χ1n) is 10.6. The first-order valence-corrected chi connectivity index (χ1v) is 10.6. The number of aliphatic hydroxyl groups excluding tert-OH is 1. The fourth-order valence-electron chi connectivity index (χ4n) is 4.86. The van der Waals surface area contributed by atoms with E-state index in [2.05, 4.69) is 9.80 Å². The van der Waals surface area contributed by atoms with E-state index in [0.29, 0.717) is 13.0 Å². The second-order valence-corrected chi connectivity index (χ2v) is 8.35. The number of hydrogen-bond acceptors (Lipinski definition) is 4. The Hall–Kier alpha value is -1.72. The Morgan fingerprint density at radius 1 is 0.857 bits per heavy atom. The fourth-order valence-corrected chi connectivity index (χ4v) is 4.86. The molecule has 2 aliphatic heterocycles. The maximum Gasteiger partial charge on any atom is 0.0977 e. The zero-order valence-electron chi connectivity index (χ0n) is 16.6. The average Bonchev–Trinajstić information content (AvgIpc) is 3.28. The number of rotatable bonds is 6. The largest absolute Gasteiger partial charge is 0.388 e. The SMILES string of the molecule is OC(c1ccccc1)C1CN(CCN2CCCC2)CCC1(O)c1ccccc1. The summed E-state index contributed by atoms with van der Waals surface area (Å²) in [5.41, 5.74) is 0.776. The lowest BCUT2D eigenvalue weighted by atomic mass is 9.72. The van der Waals surface area contributed by atoms with E-state index in [1.54, 1.807) is 0 Å². The molecule has 2 N–H and O–H groups in total. The highest BCUT2D eigenvalue weighted by molar-refractivity contribution is 5.27. The van der Waals surface area contributed by atoms with Gasteiger partial charge in [-0.15, -0.1) is 0 Å². The van der Waals surface area contributed by atoms with Crippen LogP contribution in [0, 0.1) is 5.92 Å². The summed E-state index contributed by atoms with van der Waals surface area (Å²) in [6.07, 6.45) is 2.57. The molecule has 0 bridgehead atoms. The molecule has 3 atom stereocenters. The molecule has 3 unspecified atom stereocenters. The first-order chi connectivity index (χ1) is 13.7. The van der Waals surface area contributed by atoms with Gasteiger partial charge in [0.15, 0.2) is 0 Å². The quantitative estimate of drug-likeness (QED) is 0.809. The molecule has 2 heterocycles. The maximum absolute atomic E-state index is 11.7. The molecule has 0 aliphatic carbocycles. The predicted octanol–water partition coefficient (Wildman–Crippen LogP) is 3.03. The molecule has 2 saturated heterocycles. The zero-order chi connectivity index (χ0) is 19.4. The van der Waals surface area contributed by atoms with Crippen LogP contribution in [-0.4, -0.2) is 59.3 Å². The Morgan fingerprint density at radius 2 is 1.46 bits per heavy atom. The second kappa shape index (κ2) is 8.75. The minimum Gasteiger partial charge on any atom is -0.388 e. The third kappa shape index (κ3) is 4.15. The third-order valence-corrected chi connectivity index (χ3v) is 6.60. The number of nitrogens with zero attached hydrogens (tertiary/aromatic N) is 2. The van der Waals surface area contributed by atoms with E-state index >= 15 is 0 Å². The molecular formula is C24H32N2O2. The Labute approximate surface area is 168 Å². The first kappa shape index (κ1) is 19.6. The van der Waals surface area contributed by atoms with Gasteiger partial charge in [0.1, 0.15) is 0 Å². The molecule has 2 aromatic rings. The smallest absolute Gasteiger partial charge is 0.0977 e. The van der Waals surface area contributed by atoms with Crippen LogP contribution in [-0.2, 0) is 5.60 Å². The second-order valence-electron chi connectivity index (χ2n) is 8.35. The standard InChI is InChI=1S/C24H32N2O2/c27-23(20-9-3-1-4-10-20)22-19-26(18-17-25-14-7-8-15-25)16-13-24(22,28)21-11-5-2-6-12-21/h1-6,9-12,22-23,27-28H,7-8,13-19H2. The molecule has 2 aliphatic rings. The highest BCUT2D eigenvalue weighted by Gasteiger charge is 2.46. The van der Waals surface area contributed by atoms with Gasteiger partial charge in [-0.25, -0.2) is 0 Å². The van der Waals surface area contributed by atoms with E-state index in [4.69, 9.17) is 0 Å². The molecule has 0 spiro atoms. The molecule has 0 radical (unpaired) electrons. The Bertz CT molecular complexity index is 733. The van der Waals surface area contributed by atoms with Crippen LogP contribution in [0.15, 0.2) is 60.7 Å². The topological polar surface area (TPSA) is 46.9 Å². The van der Waals surface area contributed by atoms with Crippen LogP contribution in [0.5, 0.6) is 0 Å². The van der Waals surface area contributed by atoms with E-state index in [1.807, 2.05) is 60.7 Å². The molecule has 2 fully saturated rings. The number of piperidine rings is 1. The van der Waals surface area contributed by atoms with Crippen molar-refractivity contribution < 1.29 is 10.2 Å². The number of benzene rings is 2. The van der Waals surface area contributed by atoms with Crippen molar-refractivity contribution >= 4 is 0 Å². The average molecular weight is 381 g/mol. The van der Waals surface area contributed by atoms with Gasteiger partial charge in [0.05, 0.1) is 11.7 Å². The summed E-state index contributed by atoms with van der Waals surface area (Å²) in [4.78, 5) is 4.95. The Balaban J connectivity index is 1.54. The van der Waals surface area contributed by atoms with Gasteiger partial charge < -0.3 is 20.0 Å². The fraction of sp³-hybridized carbons (Fsp3) is 0.500. The van der Waals surface area contributed by atoms with Gasteiger partial charge in [0.25, 0.3) is 0 Å². The van der Waals surface area contributed by atoms with Crippen LogP contribution in [0.1, 0.15) is 36.5 Å². The maximum atomic E-state index is 11.7. The highest BCUT2D eigenvalue weighted by atomic mass is 16.3. The van der Waals surface area contributed by atoms with Crippen LogP contribution in [0.2, 0.25) is 0 Å². The Kier molecular flexibility index (Phi) is 6.12. The van der Waals surface area contributed by atoms with Crippen LogP contribution in [0.3, 0.4) is 0 Å². The molecule has 150 valence electrons. The lowest BCUT2D eigenvalue weighted by Gasteiger charge is -2.47. The van der Waals surface area contributed by atoms with E-state index in [0.717, 1.165) is 30.8 Å². The van der Waals surface area contributed by atoms with Crippen molar-refractivity contribution in [1.29, 1.82) is 0 Å². The minimum atomic E-state index is -1.01. The molecule has 2 aromatic carbocycles. The van der Waals surface area contributed by atoms with Crippen molar-refractivity contribution in [1.82, 2.24) is 9.80 Å². The molecular weight excluding hydrogens is 348 g/mol. The summed E-state index contributed by atoms with van der Waals surface area (Å²) in [5, 5.41) is 23.0. The monoisotopic (exact) mass is 380 g/mol. The van der Waals surface area contributed by atoms with Gasteiger partial charge >= 0.3 is 0 Å². The van der Waals surface area contributed by atoms with Gasteiger partial charge in [0.2, 0.25) is 0 Å². The van der Waals surface area contributed by atoms with Crippen molar-refractivity contribution in [3.05, 3.63) is 71.8 Å². The van der Waals surface area contributed by atoms with Gasteiger partial charge in [-0.05, 0) is 43.5 Å². The number of aliphatic hydroxyl groups is 2. The molecule has 4 heteroatoms. The van der Waals surface area contributed by atoms with Crippen LogP contribution in [0.4, 0.5) is 0 Å². The summed E-state index contributed by atoms with van der Waals surface area (Å²) in [6.45, 7) is 6.06. The van der Waals surface area contributed by atoms with Gasteiger partial charge in [-0.3, -0.25) is 0 Å². The van der Waals surface area contributed by atoms with Gasteiger partial charge in [-0.1, -0.05) is 60.7 Å². The molecule has 0 amide bonds. The summed E-state index contributed by atoms with van der Waals surface area (Å²) >= 11 is 0. The Morgan fingerprint density at radius 3 is 2.14 bits per heavy atom. The minimum absolute atomic E-state index is 0.260. The molecule has 4 nitrogen and oxygen atoms in total. The van der Waals surface area contributed by atoms with Crippen molar-refractivity contribution in [2.24, 2.45) is 5.92 Å². The van der Waals surface area contributed by atoms with E-state index < -0.39 is 11.7 Å². The molecule has 0 saturated carbocycles. The van der Waals surface area contributed by atoms with Crippen molar-refractivity contribution in [2.75, 3.05) is 39.3 Å². The van der Waals surface area contributed by atoms with Crippen LogP contribution in [0.25, 0.3) is 0 Å². The summed E-state index contributed by atoms with van der Waals surface area (Å²) in [6, 6.07) is 19.7. The third-order valence-electron chi connectivity index (χ3n) is 6.60. The lowest BCUT2D eigenvalue weighted by Crippen LogP contribution is -2.53. The van der Waals surface area contributed by atoms with Crippen LogP contribution >= 0.6 is 0 Å². The molecule has 28 heavy (non-hydrogen) atoms. The zero-order valence-corrected chi connectivity index (χ0v) is 16.6. The summed E-state index contributed by atoms with van der Waals surface area (Å²) in [7, 11) is 0. The van der Waals surface area contributed by atoms with Gasteiger partial charge in [-0.2, -0.15) is 0 Å². The highest BCUT2D eigenvalue weighted by Crippen LogP contribution is 2.43. The lowest BCUT2D eigenvalue weighted by molar-refractivity contribution is -0.123.